The van der Waals surface area contributed by atoms with E-state index in [9.17, 15) is 17.6 Å². The van der Waals surface area contributed by atoms with Crippen molar-refractivity contribution in [3.05, 3.63) is 64.7 Å². The molecule has 2 aromatic rings. The number of fused-ring (bicyclic) bond motifs is 4. The van der Waals surface area contributed by atoms with Gasteiger partial charge >= 0.3 is 0 Å². The molecule has 0 unspecified atom stereocenters. The van der Waals surface area contributed by atoms with E-state index in [0.717, 1.165) is 43.7 Å². The topological polar surface area (TPSA) is 97.4 Å². The summed E-state index contributed by atoms with van der Waals surface area (Å²) in [5.41, 5.74) is 1.44. The van der Waals surface area contributed by atoms with Crippen LogP contribution in [0.3, 0.4) is 0 Å². The van der Waals surface area contributed by atoms with E-state index in [1.165, 1.54) is 17.2 Å². The second-order valence-electron chi connectivity index (χ2n) is 14.9. The summed E-state index contributed by atoms with van der Waals surface area (Å²) < 4.78 is 62.4. The molecule has 0 radical (unpaired) electrons. The summed E-state index contributed by atoms with van der Waals surface area (Å²) in [6.45, 7) is 7.37. The first-order valence-electron chi connectivity index (χ1n) is 17.6. The molecule has 266 valence electrons. The highest BCUT2D eigenvalue weighted by atomic mass is 35.5. The second-order valence-corrected chi connectivity index (χ2v) is 17.1. The van der Waals surface area contributed by atoms with Gasteiger partial charge in [-0.3, -0.25) is 9.69 Å². The molecule has 1 amide bonds. The largest absolute Gasteiger partial charge is 0.490 e. The van der Waals surface area contributed by atoms with Crippen LogP contribution in [-0.2, 0) is 36.1 Å². The van der Waals surface area contributed by atoms with Gasteiger partial charge in [-0.1, -0.05) is 29.8 Å². The molecular weight excluding hydrogens is 669 g/mol. The Labute approximate surface area is 294 Å². The van der Waals surface area contributed by atoms with E-state index in [4.69, 9.17) is 25.8 Å². The summed E-state index contributed by atoms with van der Waals surface area (Å²) in [7, 11) is -4.21. The summed E-state index contributed by atoms with van der Waals surface area (Å²) in [5.74, 6) is 0.364. The van der Waals surface area contributed by atoms with Gasteiger partial charge < -0.3 is 19.1 Å². The lowest BCUT2D eigenvalue weighted by Crippen LogP contribution is -2.50. The van der Waals surface area contributed by atoms with Crippen LogP contribution in [0, 0.1) is 11.8 Å². The van der Waals surface area contributed by atoms with Gasteiger partial charge in [-0.25, -0.2) is 17.5 Å². The van der Waals surface area contributed by atoms with Gasteiger partial charge in [0.15, 0.2) is 0 Å². The van der Waals surface area contributed by atoms with Gasteiger partial charge in [0, 0.05) is 43.2 Å². The fourth-order valence-electron chi connectivity index (χ4n) is 8.24. The average molecular weight is 716 g/mol. The Morgan fingerprint density at radius 3 is 2.76 bits per heavy atom. The van der Waals surface area contributed by atoms with Crippen molar-refractivity contribution in [2.24, 2.45) is 11.8 Å². The minimum Gasteiger partial charge on any atom is -0.490 e. The van der Waals surface area contributed by atoms with Gasteiger partial charge in [0.25, 0.3) is 15.9 Å². The van der Waals surface area contributed by atoms with Crippen LogP contribution in [0.4, 0.5) is 10.1 Å². The Hall–Kier alpha value is -2.70. The molecule has 1 spiro atoms. The highest BCUT2D eigenvalue weighted by Crippen LogP contribution is 2.47. The van der Waals surface area contributed by atoms with Crippen molar-refractivity contribution < 1.29 is 31.8 Å². The van der Waals surface area contributed by atoms with Crippen molar-refractivity contribution in [2.75, 3.05) is 57.4 Å². The molecule has 1 saturated heterocycles. The van der Waals surface area contributed by atoms with Gasteiger partial charge in [0.2, 0.25) is 0 Å². The predicted molar refractivity (Wildman–Crippen MR) is 187 cm³/mol. The predicted octanol–water partition coefficient (Wildman–Crippen LogP) is 5.44. The van der Waals surface area contributed by atoms with Crippen molar-refractivity contribution >= 4 is 33.2 Å². The maximum absolute atomic E-state index is 13.8. The average Bonchev–Trinajstić information content (AvgIpc) is 3.40. The smallest absolute Gasteiger partial charge is 0.265 e. The van der Waals surface area contributed by atoms with E-state index in [2.05, 4.69) is 26.7 Å². The lowest BCUT2D eigenvalue weighted by molar-refractivity contribution is -0.139. The van der Waals surface area contributed by atoms with Crippen LogP contribution >= 0.6 is 11.6 Å². The summed E-state index contributed by atoms with van der Waals surface area (Å²) in [6.07, 6.45) is 8.38. The Morgan fingerprint density at radius 1 is 1.12 bits per heavy atom. The molecule has 1 N–H and O–H groups in total. The normalized spacial score (nSPS) is 31.8. The van der Waals surface area contributed by atoms with Crippen LogP contribution in [0.15, 0.2) is 53.4 Å². The number of ether oxygens (including phenoxy) is 3. The molecule has 12 heteroatoms. The van der Waals surface area contributed by atoms with E-state index < -0.39 is 27.7 Å². The van der Waals surface area contributed by atoms with Gasteiger partial charge in [0.05, 0.1) is 36.5 Å². The molecule has 3 aliphatic heterocycles. The number of rotatable bonds is 4. The molecule has 3 heterocycles. The number of carbonyl (C=O) groups is 1. The third-order valence-corrected chi connectivity index (χ3v) is 12.8. The molecule has 2 aliphatic carbocycles. The van der Waals surface area contributed by atoms with Crippen molar-refractivity contribution in [3.8, 4) is 5.75 Å². The number of nitrogens with one attached hydrogen (secondary N) is 1. The summed E-state index contributed by atoms with van der Waals surface area (Å²) in [6, 6.07) is 11.0. The zero-order chi connectivity index (χ0) is 34.4. The molecule has 7 rings (SSSR count). The Bertz CT molecular complexity index is 1700. The van der Waals surface area contributed by atoms with Crippen LogP contribution in [0.1, 0.15) is 57.1 Å². The van der Waals surface area contributed by atoms with E-state index in [1.807, 2.05) is 18.2 Å². The summed E-state index contributed by atoms with van der Waals surface area (Å²) >= 11 is 6.44. The van der Waals surface area contributed by atoms with Crippen LogP contribution in [-0.4, -0.2) is 89.6 Å². The lowest BCUT2D eigenvalue weighted by atomic mass is 9.68. The van der Waals surface area contributed by atoms with Crippen LogP contribution in [0.2, 0.25) is 5.02 Å². The zero-order valence-electron chi connectivity index (χ0n) is 28.3. The molecule has 5 atom stereocenters. The van der Waals surface area contributed by atoms with Crippen LogP contribution < -0.4 is 14.4 Å². The number of nitrogens with zero attached hydrogens (tertiary/aromatic N) is 2. The standard InChI is InChI=1S/C37H47ClFN3O6S/c1-36(2)35(43)40-49(44,45)29-9-12-34-32(20-29)42(23-37(24-47-34)14-3-5-25-19-27(38)8-11-31(25)37)21-26-7-10-30(26)33(6-4-17-48-36)46-18-16-41-15-13-28(39)22-41/h4,6,8-9,11-12,19-20,26,28,30,33H,3,5,7,10,13-18,21-24H2,1-2H3,(H,40,43)/b6-4-/t26-,28-,30+,33-,37-/m0/s1. The molecule has 49 heavy (non-hydrogen) atoms. The Morgan fingerprint density at radius 2 is 1.98 bits per heavy atom. The number of benzene rings is 2. The molecule has 2 bridgehead atoms. The molecular formula is C37H47ClFN3O6S. The third-order valence-electron chi connectivity index (χ3n) is 11.2. The maximum atomic E-state index is 13.8. The number of amides is 1. The van der Waals surface area contributed by atoms with Gasteiger partial charge in [-0.2, -0.15) is 0 Å². The Balaban J connectivity index is 1.24. The summed E-state index contributed by atoms with van der Waals surface area (Å²) in [4.78, 5) is 17.7. The van der Waals surface area contributed by atoms with Crippen molar-refractivity contribution in [2.45, 2.75) is 80.6 Å². The van der Waals surface area contributed by atoms with E-state index >= 15 is 0 Å². The van der Waals surface area contributed by atoms with Crippen molar-refractivity contribution in [1.82, 2.24) is 9.62 Å². The maximum Gasteiger partial charge on any atom is 0.265 e. The molecule has 9 nitrogen and oxygen atoms in total. The molecule has 2 fully saturated rings. The number of likely N-dealkylation sites (tertiary alicyclic amines) is 1. The van der Waals surface area contributed by atoms with Crippen molar-refractivity contribution in [3.63, 3.8) is 0 Å². The van der Waals surface area contributed by atoms with Crippen molar-refractivity contribution in [1.29, 1.82) is 0 Å². The number of anilines is 1. The van der Waals surface area contributed by atoms with Gasteiger partial charge in [0.1, 0.15) is 17.5 Å². The Kier molecular flexibility index (Phi) is 9.77. The minimum atomic E-state index is -4.21. The fourth-order valence-corrected chi connectivity index (χ4v) is 9.56. The van der Waals surface area contributed by atoms with Crippen LogP contribution in [0.25, 0.3) is 0 Å². The number of alkyl halides is 1. The van der Waals surface area contributed by atoms with Gasteiger partial charge in [-0.15, -0.1) is 0 Å². The molecule has 0 aromatic heterocycles. The number of carbonyl (C=O) groups excluding carboxylic acids is 1. The molecule has 1 saturated carbocycles. The highest BCUT2D eigenvalue weighted by molar-refractivity contribution is 7.90. The molecule has 5 aliphatic rings. The number of hydrogen-bond donors (Lipinski definition) is 1. The zero-order valence-corrected chi connectivity index (χ0v) is 29.9. The minimum absolute atomic E-state index is 0.00781. The van der Waals surface area contributed by atoms with Gasteiger partial charge in [-0.05, 0) is 106 Å². The third kappa shape index (κ3) is 7.24. The number of aryl methyl sites for hydroxylation is 1. The summed E-state index contributed by atoms with van der Waals surface area (Å²) in [5, 5.41) is 0.717. The second kappa shape index (κ2) is 13.8. The van der Waals surface area contributed by atoms with E-state index in [-0.39, 0.29) is 34.9 Å². The first kappa shape index (κ1) is 34.7. The SMILES string of the molecule is CC1(C)OC/C=C\[C@H](OCCN2CC[C@H](F)C2)[C@@H]2CC[C@H]2CN2C[C@@]3(CCCc4cc(Cl)ccc43)COc3ccc(cc32)S(=O)(=O)NC1=O. The quantitative estimate of drug-likeness (QED) is 0.419. The number of hydrogen-bond acceptors (Lipinski definition) is 8. The lowest BCUT2D eigenvalue weighted by Gasteiger charge is -2.46. The first-order chi connectivity index (χ1) is 23.4. The molecule has 2 aromatic carbocycles. The number of halogens is 2. The van der Waals surface area contributed by atoms with E-state index in [1.54, 1.807) is 26.0 Å². The monoisotopic (exact) mass is 715 g/mol. The van der Waals surface area contributed by atoms with E-state index in [0.29, 0.717) is 57.3 Å². The highest BCUT2D eigenvalue weighted by Gasteiger charge is 2.45. The van der Waals surface area contributed by atoms with Crippen LogP contribution in [0.5, 0.6) is 5.75 Å². The fraction of sp³-hybridized carbons (Fsp3) is 0.595. The number of sulfonamides is 1. The first-order valence-corrected chi connectivity index (χ1v) is 19.5.